The molecule has 0 aliphatic rings. The van der Waals surface area contributed by atoms with Gasteiger partial charge in [-0.3, -0.25) is 4.98 Å². The van der Waals surface area contributed by atoms with Crippen LogP contribution < -0.4 is 0 Å². The van der Waals surface area contributed by atoms with Crippen molar-refractivity contribution in [1.82, 2.24) is 15.0 Å². The number of hydrogen-bond acceptors (Lipinski definition) is 4. The van der Waals surface area contributed by atoms with Gasteiger partial charge in [0, 0.05) is 24.2 Å². The quantitative estimate of drug-likeness (QED) is 0.895. The fourth-order valence-electron chi connectivity index (χ4n) is 1.64. The number of carbonyl (C=O) groups is 1. The summed E-state index contributed by atoms with van der Waals surface area (Å²) in [5, 5.41) is 9.09. The van der Waals surface area contributed by atoms with Crippen molar-refractivity contribution in [3.05, 3.63) is 42.0 Å². The van der Waals surface area contributed by atoms with Crippen LogP contribution in [-0.2, 0) is 0 Å². The number of nitrogens with zero attached hydrogens (tertiary/aromatic N) is 3. The molecule has 0 bridgehead atoms. The monoisotopic (exact) mass is 243 g/mol. The minimum atomic E-state index is -1.00. The summed E-state index contributed by atoms with van der Waals surface area (Å²) < 4.78 is 0. The zero-order chi connectivity index (χ0) is 13.1. The van der Waals surface area contributed by atoms with Gasteiger partial charge in [-0.15, -0.1) is 0 Å². The van der Waals surface area contributed by atoms with E-state index in [9.17, 15) is 4.79 Å². The molecule has 2 heterocycles. The van der Waals surface area contributed by atoms with Gasteiger partial charge in [0.15, 0.2) is 5.82 Å². The number of hydrogen-bond donors (Lipinski definition) is 1. The largest absolute Gasteiger partial charge is 0.478 e. The lowest BCUT2D eigenvalue weighted by Crippen LogP contribution is -2.08. The molecule has 0 fully saturated rings. The maximum absolute atomic E-state index is 11.1. The molecular weight excluding hydrogens is 230 g/mol. The van der Waals surface area contributed by atoms with E-state index in [2.05, 4.69) is 15.0 Å². The molecule has 0 saturated heterocycles. The lowest BCUT2D eigenvalue weighted by atomic mass is 10.0. The normalized spacial score (nSPS) is 10.6. The van der Waals surface area contributed by atoms with Crippen molar-refractivity contribution in [2.24, 2.45) is 0 Å². The molecule has 0 aromatic carbocycles. The predicted molar refractivity (Wildman–Crippen MR) is 66.3 cm³/mol. The Kier molecular flexibility index (Phi) is 3.32. The molecule has 0 unspecified atom stereocenters. The van der Waals surface area contributed by atoms with Gasteiger partial charge < -0.3 is 5.11 Å². The van der Waals surface area contributed by atoms with Crippen LogP contribution in [0.2, 0.25) is 0 Å². The predicted octanol–water partition coefficient (Wildman–Crippen LogP) is 2.36. The van der Waals surface area contributed by atoms with Crippen LogP contribution in [0.4, 0.5) is 0 Å². The number of pyridine rings is 1. The third-order valence-electron chi connectivity index (χ3n) is 2.53. The molecule has 18 heavy (non-hydrogen) atoms. The Labute approximate surface area is 105 Å². The minimum Gasteiger partial charge on any atom is -0.478 e. The van der Waals surface area contributed by atoms with E-state index in [1.807, 2.05) is 13.8 Å². The van der Waals surface area contributed by atoms with Crippen LogP contribution in [0, 0.1) is 0 Å². The molecular formula is C13H13N3O2. The van der Waals surface area contributed by atoms with Crippen molar-refractivity contribution in [3.8, 4) is 11.4 Å². The second-order valence-corrected chi connectivity index (χ2v) is 4.19. The van der Waals surface area contributed by atoms with E-state index >= 15 is 0 Å². The van der Waals surface area contributed by atoms with Crippen LogP contribution in [0.15, 0.2) is 30.7 Å². The highest BCUT2D eigenvalue weighted by molar-refractivity contribution is 5.88. The Morgan fingerprint density at radius 1 is 1.28 bits per heavy atom. The summed E-state index contributed by atoms with van der Waals surface area (Å²) in [6.45, 7) is 3.82. The van der Waals surface area contributed by atoms with Crippen molar-refractivity contribution in [1.29, 1.82) is 0 Å². The lowest BCUT2D eigenvalue weighted by Gasteiger charge is -2.10. The van der Waals surface area contributed by atoms with Crippen LogP contribution in [0.1, 0.15) is 35.8 Å². The zero-order valence-corrected chi connectivity index (χ0v) is 10.2. The van der Waals surface area contributed by atoms with E-state index in [-0.39, 0.29) is 11.5 Å². The average Bonchev–Trinajstić information content (AvgIpc) is 2.39. The molecule has 1 N–H and O–H groups in total. The number of carboxylic acids is 1. The first-order valence-electron chi connectivity index (χ1n) is 5.60. The summed E-state index contributed by atoms with van der Waals surface area (Å²) in [6.07, 6.45) is 4.66. The van der Waals surface area contributed by atoms with Gasteiger partial charge in [0.05, 0.1) is 11.3 Å². The van der Waals surface area contributed by atoms with Gasteiger partial charge >= 0.3 is 5.97 Å². The van der Waals surface area contributed by atoms with E-state index in [0.717, 1.165) is 5.56 Å². The van der Waals surface area contributed by atoms with Crippen molar-refractivity contribution in [2.45, 2.75) is 19.8 Å². The van der Waals surface area contributed by atoms with Crippen molar-refractivity contribution >= 4 is 5.97 Å². The third kappa shape index (κ3) is 2.34. The van der Waals surface area contributed by atoms with Crippen LogP contribution in [0.5, 0.6) is 0 Å². The first kappa shape index (κ1) is 12.2. The van der Waals surface area contributed by atoms with Gasteiger partial charge in [-0.05, 0) is 18.1 Å². The second-order valence-electron chi connectivity index (χ2n) is 4.19. The zero-order valence-electron chi connectivity index (χ0n) is 10.2. The van der Waals surface area contributed by atoms with Gasteiger partial charge in [0.25, 0.3) is 0 Å². The van der Waals surface area contributed by atoms with Gasteiger partial charge in [0.1, 0.15) is 0 Å². The van der Waals surface area contributed by atoms with Crippen LogP contribution in [-0.4, -0.2) is 26.0 Å². The van der Waals surface area contributed by atoms with Gasteiger partial charge in [-0.1, -0.05) is 13.8 Å². The van der Waals surface area contributed by atoms with Crippen molar-refractivity contribution in [3.63, 3.8) is 0 Å². The fraction of sp³-hybridized carbons (Fsp3) is 0.231. The molecule has 2 aromatic heterocycles. The van der Waals surface area contributed by atoms with E-state index in [0.29, 0.717) is 11.5 Å². The van der Waals surface area contributed by atoms with E-state index in [1.165, 1.54) is 6.20 Å². The average molecular weight is 243 g/mol. The topological polar surface area (TPSA) is 76.0 Å². The molecule has 92 valence electrons. The summed E-state index contributed by atoms with van der Waals surface area (Å²) in [4.78, 5) is 23.4. The maximum atomic E-state index is 11.1. The van der Waals surface area contributed by atoms with Crippen LogP contribution in [0.25, 0.3) is 11.4 Å². The van der Waals surface area contributed by atoms with Gasteiger partial charge in [0.2, 0.25) is 0 Å². The molecule has 0 aliphatic carbocycles. The molecule has 0 spiro atoms. The van der Waals surface area contributed by atoms with E-state index in [1.54, 1.807) is 24.5 Å². The molecule has 0 amide bonds. The molecule has 2 aromatic rings. The lowest BCUT2D eigenvalue weighted by molar-refractivity contribution is 0.0694. The fourth-order valence-corrected chi connectivity index (χ4v) is 1.64. The highest BCUT2D eigenvalue weighted by atomic mass is 16.4. The number of carboxylic acid groups (broad SMARTS) is 1. The summed E-state index contributed by atoms with van der Waals surface area (Å²) in [6, 6.07) is 3.58. The van der Waals surface area contributed by atoms with Crippen LogP contribution >= 0.6 is 0 Å². The van der Waals surface area contributed by atoms with E-state index in [4.69, 9.17) is 5.11 Å². The minimum absolute atomic E-state index is 0.0275. The third-order valence-corrected chi connectivity index (χ3v) is 2.53. The SMILES string of the molecule is CC(C)c1nc(-c2ccncc2)ncc1C(=O)O. The molecule has 5 heteroatoms. The summed E-state index contributed by atoms with van der Waals surface area (Å²) in [5.74, 6) is -0.453. The maximum Gasteiger partial charge on any atom is 0.339 e. The first-order chi connectivity index (χ1) is 8.59. The summed E-state index contributed by atoms with van der Waals surface area (Å²) >= 11 is 0. The summed E-state index contributed by atoms with van der Waals surface area (Å²) in [5.41, 5.74) is 1.52. The smallest absolute Gasteiger partial charge is 0.339 e. The number of aromatic nitrogens is 3. The second kappa shape index (κ2) is 4.91. The Balaban J connectivity index is 2.54. The molecule has 2 rings (SSSR count). The van der Waals surface area contributed by atoms with Gasteiger partial charge in [-0.2, -0.15) is 0 Å². The standard InChI is InChI=1S/C13H13N3O2/c1-8(2)11-10(13(17)18)7-15-12(16-11)9-3-5-14-6-4-9/h3-8H,1-2H3,(H,17,18). The summed E-state index contributed by atoms with van der Waals surface area (Å²) in [7, 11) is 0. The van der Waals surface area contributed by atoms with Crippen molar-refractivity contribution < 1.29 is 9.90 Å². The molecule has 0 atom stereocenters. The highest BCUT2D eigenvalue weighted by Gasteiger charge is 2.16. The number of aromatic carboxylic acids is 1. The molecule has 0 aliphatic heterocycles. The molecule has 5 nitrogen and oxygen atoms in total. The highest BCUT2D eigenvalue weighted by Crippen LogP contribution is 2.20. The Morgan fingerprint density at radius 3 is 2.50 bits per heavy atom. The Hall–Kier alpha value is -2.30. The molecule has 0 radical (unpaired) electrons. The van der Waals surface area contributed by atoms with Crippen LogP contribution in [0.3, 0.4) is 0 Å². The van der Waals surface area contributed by atoms with E-state index < -0.39 is 5.97 Å². The first-order valence-corrected chi connectivity index (χ1v) is 5.60. The van der Waals surface area contributed by atoms with Gasteiger partial charge in [-0.25, -0.2) is 14.8 Å². The Morgan fingerprint density at radius 2 is 1.94 bits per heavy atom. The van der Waals surface area contributed by atoms with Crippen molar-refractivity contribution in [2.75, 3.05) is 0 Å². The Bertz CT molecular complexity index is 568. The number of rotatable bonds is 3. The molecule has 0 saturated carbocycles.